The lowest BCUT2D eigenvalue weighted by Gasteiger charge is -2.20. The molecular weight excluding hydrogens is 337 g/mol. The van der Waals surface area contributed by atoms with Gasteiger partial charge < -0.3 is 0 Å². The first-order valence-corrected chi connectivity index (χ1v) is 7.39. The first-order valence-electron chi connectivity index (χ1n) is 4.82. The quantitative estimate of drug-likeness (QED) is 0.739. The van der Waals surface area contributed by atoms with Crippen LogP contribution in [0.25, 0.3) is 0 Å². The van der Waals surface area contributed by atoms with Crippen molar-refractivity contribution in [2.24, 2.45) is 0 Å². The summed E-state index contributed by atoms with van der Waals surface area (Å²) in [4.78, 5) is 2.95. The number of hydrogen-bond donors (Lipinski definition) is 0. The maximum Gasteiger partial charge on any atom is 0.252 e. The van der Waals surface area contributed by atoms with Gasteiger partial charge in [0.2, 0.25) is 10.0 Å². The highest BCUT2D eigenvalue weighted by Gasteiger charge is 2.27. The second kappa shape index (κ2) is 6.48. The maximum atomic E-state index is 12.9. The highest BCUT2D eigenvalue weighted by Crippen LogP contribution is 2.17. The van der Waals surface area contributed by atoms with Gasteiger partial charge in [-0.2, -0.15) is 4.31 Å². The Morgan fingerprint density at radius 3 is 2.56 bits per heavy atom. The normalized spacial score (nSPS) is 12.3. The zero-order chi connectivity index (χ0) is 13.8. The van der Waals surface area contributed by atoms with E-state index in [1.165, 1.54) is 0 Å². The third-order valence-electron chi connectivity index (χ3n) is 1.99. The summed E-state index contributed by atoms with van der Waals surface area (Å²) in [6, 6.07) is 0.745. The van der Waals surface area contributed by atoms with Crippen molar-refractivity contribution in [1.29, 1.82) is 0 Å². The van der Waals surface area contributed by atoms with Gasteiger partial charge >= 0.3 is 0 Å². The maximum absolute atomic E-state index is 12.9. The zero-order valence-corrected chi connectivity index (χ0v) is 11.5. The minimum absolute atomic E-state index is 0.136. The molecule has 0 bridgehead atoms. The van der Waals surface area contributed by atoms with Crippen LogP contribution in [0.1, 0.15) is 0 Å². The minimum atomic E-state index is -4.16. The molecule has 0 radical (unpaired) electrons. The fraction of sp³-hybridized carbons (Fsp3) is 0.444. The number of hydrogen-bond acceptors (Lipinski definition) is 3. The number of sulfonamides is 1. The van der Waals surface area contributed by atoms with E-state index >= 15 is 0 Å². The molecule has 0 saturated carbocycles. The summed E-state index contributed by atoms with van der Waals surface area (Å²) >= 11 is 2.98. The van der Waals surface area contributed by atoms with Crippen LogP contribution in [0.15, 0.2) is 23.4 Å². The van der Waals surface area contributed by atoms with Crippen LogP contribution < -0.4 is 0 Å². The third-order valence-corrected chi connectivity index (χ3v) is 4.18. The molecule has 9 heteroatoms. The Balaban J connectivity index is 3.08. The topological polar surface area (TPSA) is 50.3 Å². The van der Waals surface area contributed by atoms with Crippen molar-refractivity contribution < 1.29 is 21.6 Å². The van der Waals surface area contributed by atoms with Crippen LogP contribution in [0.2, 0.25) is 0 Å². The average molecular weight is 347 g/mol. The molecule has 0 spiro atoms. The molecule has 1 aromatic rings. The predicted octanol–water partition coefficient (Wildman–Crippen LogP) is 1.87. The lowest BCUT2D eigenvalue weighted by molar-refractivity contribution is 0.121. The summed E-state index contributed by atoms with van der Waals surface area (Å²) < 4.78 is 62.1. The van der Waals surface area contributed by atoms with Gasteiger partial charge in [0.15, 0.2) is 0 Å². The van der Waals surface area contributed by atoms with Crippen molar-refractivity contribution in [3.8, 4) is 0 Å². The van der Waals surface area contributed by atoms with Gasteiger partial charge in [-0.15, -0.1) is 0 Å². The van der Waals surface area contributed by atoms with Crippen LogP contribution in [-0.2, 0) is 10.0 Å². The summed E-state index contributed by atoms with van der Waals surface area (Å²) in [5, 5.41) is 0.196. The van der Waals surface area contributed by atoms with E-state index in [2.05, 4.69) is 20.9 Å². The van der Waals surface area contributed by atoms with Gasteiger partial charge in [0.05, 0.1) is 12.7 Å². The average Bonchev–Trinajstić information content (AvgIpc) is 2.28. The van der Waals surface area contributed by atoms with Gasteiger partial charge in [-0.25, -0.2) is 21.6 Å². The van der Waals surface area contributed by atoms with Crippen LogP contribution in [0.4, 0.5) is 13.2 Å². The Hall–Kier alpha value is -0.670. The molecule has 0 unspecified atom stereocenters. The van der Waals surface area contributed by atoms with Crippen molar-refractivity contribution in [3.63, 3.8) is 0 Å². The molecule has 0 aromatic carbocycles. The molecule has 0 aliphatic rings. The fourth-order valence-electron chi connectivity index (χ4n) is 1.24. The minimum Gasteiger partial charge on any atom is -0.260 e. The van der Waals surface area contributed by atoms with Crippen molar-refractivity contribution in [2.45, 2.75) is 11.3 Å². The third kappa shape index (κ3) is 3.92. The standard InChI is InChI=1S/C9H10BrF3N2O2S/c10-1-2-15(6-9(12)13)18(16,17)8-3-7(11)4-14-5-8/h3-5,9H,1-2,6H2. The SMILES string of the molecule is O=S(=O)(c1cncc(F)c1)N(CCBr)CC(F)F. The van der Waals surface area contributed by atoms with Gasteiger partial charge in [0, 0.05) is 18.1 Å². The highest BCUT2D eigenvalue weighted by atomic mass is 79.9. The Labute approximate surface area is 111 Å². The first-order chi connectivity index (χ1) is 8.37. The monoisotopic (exact) mass is 346 g/mol. The predicted molar refractivity (Wildman–Crippen MR) is 62.8 cm³/mol. The molecule has 102 valence electrons. The molecular formula is C9H10BrF3N2O2S. The largest absolute Gasteiger partial charge is 0.260 e. The van der Waals surface area contributed by atoms with E-state index in [4.69, 9.17) is 0 Å². The van der Waals surface area contributed by atoms with Crippen molar-refractivity contribution >= 4 is 26.0 Å². The van der Waals surface area contributed by atoms with E-state index in [1.54, 1.807) is 0 Å². The summed E-state index contributed by atoms with van der Waals surface area (Å²) in [6.45, 7) is -1.08. The second-order valence-electron chi connectivity index (χ2n) is 3.28. The van der Waals surface area contributed by atoms with Crippen LogP contribution >= 0.6 is 15.9 Å². The Morgan fingerprint density at radius 2 is 2.06 bits per heavy atom. The van der Waals surface area contributed by atoms with Crippen LogP contribution in [0.3, 0.4) is 0 Å². The van der Waals surface area contributed by atoms with E-state index in [0.29, 0.717) is 4.31 Å². The number of pyridine rings is 1. The van der Waals surface area contributed by atoms with Gasteiger partial charge in [0.25, 0.3) is 6.43 Å². The summed E-state index contributed by atoms with van der Waals surface area (Å²) in [6.07, 6.45) is -1.05. The molecule has 0 fully saturated rings. The van der Waals surface area contributed by atoms with Gasteiger partial charge in [-0.1, -0.05) is 15.9 Å². The molecule has 1 heterocycles. The number of alkyl halides is 3. The number of halogens is 4. The van der Waals surface area contributed by atoms with Gasteiger partial charge in [-0.3, -0.25) is 4.98 Å². The van der Waals surface area contributed by atoms with E-state index in [0.717, 1.165) is 18.5 Å². The lowest BCUT2D eigenvalue weighted by Crippen LogP contribution is -2.36. The van der Waals surface area contributed by atoms with Crippen LogP contribution in [-0.4, -0.2) is 42.6 Å². The second-order valence-corrected chi connectivity index (χ2v) is 6.01. The van der Waals surface area contributed by atoms with E-state index in [1.807, 2.05) is 0 Å². The molecule has 18 heavy (non-hydrogen) atoms. The molecule has 0 atom stereocenters. The molecule has 0 N–H and O–H groups in total. The molecule has 1 aromatic heterocycles. The zero-order valence-electron chi connectivity index (χ0n) is 9.06. The first kappa shape index (κ1) is 15.4. The molecule has 0 aliphatic heterocycles. The Morgan fingerprint density at radius 1 is 1.39 bits per heavy atom. The molecule has 1 rings (SSSR count). The van der Waals surface area contributed by atoms with Crippen LogP contribution in [0, 0.1) is 5.82 Å². The summed E-state index contributed by atoms with van der Waals surface area (Å²) in [5.41, 5.74) is 0. The molecule has 4 nitrogen and oxygen atoms in total. The molecule has 0 amide bonds. The highest BCUT2D eigenvalue weighted by molar-refractivity contribution is 9.09. The number of nitrogens with zero attached hydrogens (tertiary/aromatic N) is 2. The fourth-order valence-corrected chi connectivity index (χ4v) is 3.30. The van der Waals surface area contributed by atoms with Gasteiger partial charge in [-0.05, 0) is 6.07 Å². The van der Waals surface area contributed by atoms with Crippen LogP contribution in [0.5, 0.6) is 0 Å². The molecule has 0 saturated heterocycles. The Bertz CT molecular complexity index is 498. The van der Waals surface area contributed by atoms with Crippen molar-refractivity contribution in [3.05, 3.63) is 24.3 Å². The smallest absolute Gasteiger partial charge is 0.252 e. The van der Waals surface area contributed by atoms with Crippen molar-refractivity contribution in [2.75, 3.05) is 18.4 Å². The van der Waals surface area contributed by atoms with E-state index < -0.39 is 33.7 Å². The summed E-state index contributed by atoms with van der Waals surface area (Å²) in [7, 11) is -4.16. The van der Waals surface area contributed by atoms with Gasteiger partial charge in [0.1, 0.15) is 10.7 Å². The van der Waals surface area contributed by atoms with Crippen molar-refractivity contribution in [1.82, 2.24) is 9.29 Å². The van der Waals surface area contributed by atoms with E-state index in [-0.39, 0.29) is 11.9 Å². The molecule has 0 aliphatic carbocycles. The summed E-state index contributed by atoms with van der Waals surface area (Å²) in [5.74, 6) is -0.841. The number of aromatic nitrogens is 1. The Kier molecular flexibility index (Phi) is 5.54. The number of rotatable bonds is 6. The lowest BCUT2D eigenvalue weighted by atomic mass is 10.5. The van der Waals surface area contributed by atoms with E-state index in [9.17, 15) is 21.6 Å².